The van der Waals surface area contributed by atoms with Gasteiger partial charge >= 0.3 is 0 Å². The van der Waals surface area contributed by atoms with E-state index >= 15 is 0 Å². The van der Waals surface area contributed by atoms with Gasteiger partial charge in [-0.2, -0.15) is 0 Å². The second kappa shape index (κ2) is 8.10. The lowest BCUT2D eigenvalue weighted by atomic mass is 9.82. The van der Waals surface area contributed by atoms with E-state index in [0.717, 1.165) is 31.4 Å². The smallest absolute Gasteiger partial charge is 0.0623 e. The summed E-state index contributed by atoms with van der Waals surface area (Å²) in [6.07, 6.45) is 6.77. The summed E-state index contributed by atoms with van der Waals surface area (Å²) in [5, 5.41) is 3.56. The van der Waals surface area contributed by atoms with Gasteiger partial charge in [0.2, 0.25) is 0 Å². The third-order valence-electron chi connectivity index (χ3n) is 3.84. The molecule has 3 atom stereocenters. The average molecular weight is 241 g/mol. The Labute approximate surface area is 108 Å². The van der Waals surface area contributed by atoms with Crippen molar-refractivity contribution in [3.8, 4) is 0 Å². The first-order valence-corrected chi connectivity index (χ1v) is 7.50. The van der Waals surface area contributed by atoms with Gasteiger partial charge in [0.15, 0.2) is 0 Å². The van der Waals surface area contributed by atoms with Gasteiger partial charge in [-0.25, -0.2) is 0 Å². The standard InChI is InChI=1S/C15H31NO/c1-5-7-16-14(6-2)11-17-15-9-12(3)8-13(4)10-15/h12-16H,5-11H2,1-4H3. The summed E-state index contributed by atoms with van der Waals surface area (Å²) in [6.45, 7) is 11.2. The molecule has 1 N–H and O–H groups in total. The summed E-state index contributed by atoms with van der Waals surface area (Å²) in [5.74, 6) is 1.68. The summed E-state index contributed by atoms with van der Waals surface area (Å²) >= 11 is 0. The van der Waals surface area contributed by atoms with Crippen LogP contribution < -0.4 is 5.32 Å². The minimum absolute atomic E-state index is 0.506. The predicted molar refractivity (Wildman–Crippen MR) is 74.3 cm³/mol. The lowest BCUT2D eigenvalue weighted by Gasteiger charge is -2.32. The first-order valence-electron chi connectivity index (χ1n) is 7.50. The third kappa shape index (κ3) is 5.87. The highest BCUT2D eigenvalue weighted by molar-refractivity contribution is 4.76. The van der Waals surface area contributed by atoms with Crippen molar-refractivity contribution in [3.05, 3.63) is 0 Å². The van der Waals surface area contributed by atoms with E-state index in [0.29, 0.717) is 12.1 Å². The topological polar surface area (TPSA) is 21.3 Å². The van der Waals surface area contributed by atoms with Crippen molar-refractivity contribution >= 4 is 0 Å². The van der Waals surface area contributed by atoms with Crippen LogP contribution in [0.5, 0.6) is 0 Å². The van der Waals surface area contributed by atoms with E-state index in [2.05, 4.69) is 33.0 Å². The monoisotopic (exact) mass is 241 g/mol. The quantitative estimate of drug-likeness (QED) is 0.735. The van der Waals surface area contributed by atoms with Crippen LogP contribution in [0.4, 0.5) is 0 Å². The van der Waals surface area contributed by atoms with E-state index < -0.39 is 0 Å². The Bertz CT molecular complexity index is 185. The van der Waals surface area contributed by atoms with Crippen LogP contribution in [0.15, 0.2) is 0 Å². The fourth-order valence-electron chi connectivity index (χ4n) is 2.93. The van der Waals surface area contributed by atoms with Gasteiger partial charge < -0.3 is 10.1 Å². The molecule has 2 nitrogen and oxygen atoms in total. The molecule has 1 aliphatic rings. The Morgan fingerprint density at radius 1 is 1.12 bits per heavy atom. The largest absolute Gasteiger partial charge is 0.377 e. The van der Waals surface area contributed by atoms with E-state index in [9.17, 15) is 0 Å². The van der Waals surface area contributed by atoms with Gasteiger partial charge in [-0.1, -0.05) is 27.7 Å². The van der Waals surface area contributed by atoms with Crippen LogP contribution in [0.25, 0.3) is 0 Å². The SMILES string of the molecule is CCCNC(CC)COC1CC(C)CC(C)C1. The second-order valence-corrected chi connectivity index (χ2v) is 5.93. The lowest BCUT2D eigenvalue weighted by molar-refractivity contribution is -0.00925. The normalized spacial score (nSPS) is 31.4. The van der Waals surface area contributed by atoms with Crippen LogP contribution in [-0.4, -0.2) is 25.3 Å². The van der Waals surface area contributed by atoms with Gasteiger partial charge in [0, 0.05) is 6.04 Å². The summed E-state index contributed by atoms with van der Waals surface area (Å²) in [7, 11) is 0. The zero-order chi connectivity index (χ0) is 12.7. The van der Waals surface area contributed by atoms with Crippen LogP contribution in [0, 0.1) is 11.8 Å². The first kappa shape index (κ1) is 15.0. The Balaban J connectivity index is 2.23. The zero-order valence-corrected chi connectivity index (χ0v) is 12.2. The fraction of sp³-hybridized carbons (Fsp3) is 1.00. The van der Waals surface area contributed by atoms with Crippen molar-refractivity contribution in [2.75, 3.05) is 13.2 Å². The molecule has 0 saturated heterocycles. The van der Waals surface area contributed by atoms with Gasteiger partial charge in [0.05, 0.1) is 12.7 Å². The molecule has 0 spiro atoms. The van der Waals surface area contributed by atoms with Crippen LogP contribution in [-0.2, 0) is 4.74 Å². The maximum Gasteiger partial charge on any atom is 0.0623 e. The highest BCUT2D eigenvalue weighted by Crippen LogP contribution is 2.30. The Kier molecular flexibility index (Phi) is 7.14. The molecule has 1 saturated carbocycles. The van der Waals surface area contributed by atoms with Gasteiger partial charge in [-0.05, 0) is 50.5 Å². The molecule has 2 heteroatoms. The Morgan fingerprint density at radius 3 is 2.29 bits per heavy atom. The minimum Gasteiger partial charge on any atom is -0.377 e. The number of ether oxygens (including phenoxy) is 1. The van der Waals surface area contributed by atoms with Crippen molar-refractivity contribution in [2.24, 2.45) is 11.8 Å². The average Bonchev–Trinajstić information content (AvgIpc) is 2.28. The zero-order valence-electron chi connectivity index (χ0n) is 12.2. The van der Waals surface area contributed by atoms with E-state index in [1.54, 1.807) is 0 Å². The molecule has 0 aliphatic heterocycles. The number of rotatable bonds is 7. The molecule has 0 radical (unpaired) electrons. The molecule has 0 heterocycles. The molecular formula is C15H31NO. The Morgan fingerprint density at radius 2 is 1.76 bits per heavy atom. The van der Waals surface area contributed by atoms with Crippen LogP contribution in [0.3, 0.4) is 0 Å². The number of hydrogen-bond acceptors (Lipinski definition) is 2. The third-order valence-corrected chi connectivity index (χ3v) is 3.84. The molecule has 17 heavy (non-hydrogen) atoms. The van der Waals surface area contributed by atoms with Crippen molar-refractivity contribution in [1.29, 1.82) is 0 Å². The van der Waals surface area contributed by atoms with Crippen molar-refractivity contribution in [1.82, 2.24) is 5.32 Å². The summed E-state index contributed by atoms with van der Waals surface area (Å²) in [6, 6.07) is 0.544. The van der Waals surface area contributed by atoms with Crippen molar-refractivity contribution < 1.29 is 4.74 Å². The predicted octanol–water partition coefficient (Wildman–Crippen LogP) is 3.61. The van der Waals surface area contributed by atoms with Crippen LogP contribution >= 0.6 is 0 Å². The van der Waals surface area contributed by atoms with Crippen molar-refractivity contribution in [2.45, 2.75) is 71.9 Å². The molecule has 102 valence electrons. The van der Waals surface area contributed by atoms with Gasteiger partial charge in [0.1, 0.15) is 0 Å². The molecule has 0 aromatic heterocycles. The molecular weight excluding hydrogens is 210 g/mol. The maximum atomic E-state index is 6.11. The van der Waals surface area contributed by atoms with Gasteiger partial charge in [-0.15, -0.1) is 0 Å². The highest BCUT2D eigenvalue weighted by atomic mass is 16.5. The molecule has 1 fully saturated rings. The molecule has 0 amide bonds. The second-order valence-electron chi connectivity index (χ2n) is 5.93. The van der Waals surface area contributed by atoms with Crippen LogP contribution in [0.1, 0.15) is 59.8 Å². The molecule has 0 aromatic rings. The number of nitrogens with one attached hydrogen (secondary N) is 1. The summed E-state index contributed by atoms with van der Waals surface area (Å²) in [5.41, 5.74) is 0. The van der Waals surface area contributed by atoms with Gasteiger partial charge in [0.25, 0.3) is 0 Å². The van der Waals surface area contributed by atoms with Crippen LogP contribution in [0.2, 0.25) is 0 Å². The molecule has 0 aromatic carbocycles. The molecule has 0 bridgehead atoms. The van der Waals surface area contributed by atoms with Gasteiger partial charge in [-0.3, -0.25) is 0 Å². The minimum atomic E-state index is 0.506. The summed E-state index contributed by atoms with van der Waals surface area (Å²) < 4.78 is 6.11. The maximum absolute atomic E-state index is 6.11. The Hall–Kier alpha value is -0.0800. The molecule has 1 rings (SSSR count). The fourth-order valence-corrected chi connectivity index (χ4v) is 2.93. The lowest BCUT2D eigenvalue weighted by Crippen LogP contribution is -2.36. The van der Waals surface area contributed by atoms with Crippen molar-refractivity contribution in [3.63, 3.8) is 0 Å². The summed E-state index contributed by atoms with van der Waals surface area (Å²) in [4.78, 5) is 0. The first-order chi connectivity index (χ1) is 8.15. The van der Waals surface area contributed by atoms with E-state index in [1.807, 2.05) is 0 Å². The molecule has 3 unspecified atom stereocenters. The van der Waals surface area contributed by atoms with E-state index in [4.69, 9.17) is 4.74 Å². The van der Waals surface area contributed by atoms with E-state index in [1.165, 1.54) is 25.7 Å². The van der Waals surface area contributed by atoms with E-state index in [-0.39, 0.29) is 0 Å². The highest BCUT2D eigenvalue weighted by Gasteiger charge is 2.24. The molecule has 1 aliphatic carbocycles. The number of hydrogen-bond donors (Lipinski definition) is 1.